The number of hydrogen-bond acceptors (Lipinski definition) is 4. The Labute approximate surface area is 148 Å². The van der Waals surface area contributed by atoms with Gasteiger partial charge in [0.25, 0.3) is 5.56 Å². The van der Waals surface area contributed by atoms with Crippen molar-refractivity contribution in [2.45, 2.75) is 13.8 Å². The van der Waals surface area contributed by atoms with Gasteiger partial charge in [-0.3, -0.25) is 15.0 Å². The topological polar surface area (TPSA) is 81.3 Å². The standard InChI is InChI=1S/C19H17N5O2/c1-12(2)18(25)22-23-9-8-16-15(19(23)26)10-20-17-14(11-21-24(16)17)13-6-4-3-5-7-13/h3-12H,1-2H3,(H,22,25). The Morgan fingerprint density at radius 2 is 1.88 bits per heavy atom. The van der Waals surface area contributed by atoms with Gasteiger partial charge in [-0.2, -0.15) is 5.10 Å². The molecular weight excluding hydrogens is 330 g/mol. The zero-order chi connectivity index (χ0) is 18.3. The van der Waals surface area contributed by atoms with Crippen molar-refractivity contribution in [2.24, 2.45) is 5.92 Å². The highest BCUT2D eigenvalue weighted by molar-refractivity contribution is 5.87. The molecule has 3 aromatic heterocycles. The summed E-state index contributed by atoms with van der Waals surface area (Å²) in [6.45, 7) is 3.53. The highest BCUT2D eigenvalue weighted by Crippen LogP contribution is 2.24. The molecule has 0 radical (unpaired) electrons. The van der Waals surface area contributed by atoms with E-state index in [-0.39, 0.29) is 17.4 Å². The van der Waals surface area contributed by atoms with Crippen LogP contribution in [-0.4, -0.2) is 25.2 Å². The van der Waals surface area contributed by atoms with Gasteiger partial charge in [0.1, 0.15) is 0 Å². The molecule has 0 saturated heterocycles. The lowest BCUT2D eigenvalue weighted by Gasteiger charge is -2.11. The van der Waals surface area contributed by atoms with Crippen molar-refractivity contribution in [3.63, 3.8) is 0 Å². The minimum absolute atomic E-state index is 0.224. The maximum Gasteiger partial charge on any atom is 0.280 e. The third-order valence-corrected chi connectivity index (χ3v) is 4.23. The van der Waals surface area contributed by atoms with E-state index in [0.29, 0.717) is 16.6 Å². The maximum absolute atomic E-state index is 12.7. The summed E-state index contributed by atoms with van der Waals surface area (Å²) in [5.41, 5.74) is 5.45. The van der Waals surface area contributed by atoms with Crippen LogP contribution in [0.15, 0.2) is 59.8 Å². The van der Waals surface area contributed by atoms with Crippen LogP contribution in [0.3, 0.4) is 0 Å². The first-order chi connectivity index (χ1) is 12.6. The quantitative estimate of drug-likeness (QED) is 0.617. The number of amides is 1. The summed E-state index contributed by atoms with van der Waals surface area (Å²) in [6.07, 6.45) is 4.80. The predicted octanol–water partition coefficient (Wildman–Crippen LogP) is 2.44. The third-order valence-electron chi connectivity index (χ3n) is 4.23. The second-order valence-corrected chi connectivity index (χ2v) is 6.34. The fourth-order valence-corrected chi connectivity index (χ4v) is 2.77. The van der Waals surface area contributed by atoms with Crippen LogP contribution >= 0.6 is 0 Å². The zero-order valence-corrected chi connectivity index (χ0v) is 14.4. The number of hydrogen-bond donors (Lipinski definition) is 1. The number of carbonyl (C=O) groups excluding carboxylic acids is 1. The van der Waals surface area contributed by atoms with Crippen LogP contribution in [0.2, 0.25) is 0 Å². The molecule has 0 bridgehead atoms. The number of carbonyl (C=O) groups is 1. The van der Waals surface area contributed by atoms with E-state index in [4.69, 9.17) is 0 Å². The zero-order valence-electron chi connectivity index (χ0n) is 14.4. The Kier molecular flexibility index (Phi) is 3.76. The van der Waals surface area contributed by atoms with Gasteiger partial charge in [0, 0.05) is 23.9 Å². The molecular formula is C19H17N5O2. The summed E-state index contributed by atoms with van der Waals surface area (Å²) in [7, 11) is 0. The third kappa shape index (κ3) is 2.54. The molecule has 0 spiro atoms. The first kappa shape index (κ1) is 16.0. The molecule has 0 fully saturated rings. The maximum atomic E-state index is 12.7. The molecule has 4 rings (SSSR count). The van der Waals surface area contributed by atoms with Gasteiger partial charge in [0.2, 0.25) is 5.91 Å². The van der Waals surface area contributed by atoms with Crippen LogP contribution in [0.5, 0.6) is 0 Å². The number of fused-ring (bicyclic) bond motifs is 3. The average molecular weight is 347 g/mol. The van der Waals surface area contributed by atoms with Crippen LogP contribution in [0.4, 0.5) is 0 Å². The van der Waals surface area contributed by atoms with Crippen LogP contribution in [0.25, 0.3) is 27.7 Å². The van der Waals surface area contributed by atoms with Crippen LogP contribution in [0.1, 0.15) is 13.8 Å². The summed E-state index contributed by atoms with van der Waals surface area (Å²) >= 11 is 0. The van der Waals surface area contributed by atoms with Gasteiger partial charge < -0.3 is 0 Å². The first-order valence-electron chi connectivity index (χ1n) is 8.30. The Balaban J connectivity index is 1.87. The van der Waals surface area contributed by atoms with Crippen molar-refractivity contribution in [2.75, 3.05) is 5.43 Å². The highest BCUT2D eigenvalue weighted by atomic mass is 16.2. The minimum atomic E-state index is -0.345. The Bertz CT molecular complexity index is 1180. The van der Waals surface area contributed by atoms with Crippen LogP contribution < -0.4 is 11.0 Å². The molecule has 1 aromatic carbocycles. The number of rotatable bonds is 3. The summed E-state index contributed by atoms with van der Waals surface area (Å²) in [5, 5.41) is 4.78. The van der Waals surface area contributed by atoms with E-state index in [1.54, 1.807) is 30.6 Å². The number of benzene rings is 1. The number of aromatic nitrogens is 4. The van der Waals surface area contributed by atoms with Crippen molar-refractivity contribution in [3.8, 4) is 11.1 Å². The first-order valence-corrected chi connectivity index (χ1v) is 8.30. The molecule has 0 aliphatic rings. The lowest BCUT2D eigenvalue weighted by atomic mass is 10.1. The minimum Gasteiger partial charge on any atom is -0.273 e. The second kappa shape index (κ2) is 6.11. The van der Waals surface area contributed by atoms with E-state index in [2.05, 4.69) is 15.5 Å². The van der Waals surface area contributed by atoms with E-state index in [1.807, 2.05) is 30.3 Å². The molecule has 1 amide bonds. The van der Waals surface area contributed by atoms with Crippen molar-refractivity contribution >= 4 is 22.5 Å². The molecule has 3 heterocycles. The average Bonchev–Trinajstić information content (AvgIpc) is 3.09. The van der Waals surface area contributed by atoms with E-state index >= 15 is 0 Å². The van der Waals surface area contributed by atoms with Crippen molar-refractivity contribution in [3.05, 3.63) is 65.3 Å². The Morgan fingerprint density at radius 3 is 2.62 bits per heavy atom. The molecule has 7 heteroatoms. The smallest absolute Gasteiger partial charge is 0.273 e. The van der Waals surface area contributed by atoms with Gasteiger partial charge >= 0.3 is 0 Å². The van der Waals surface area contributed by atoms with E-state index in [9.17, 15) is 9.59 Å². The van der Waals surface area contributed by atoms with E-state index in [0.717, 1.165) is 11.1 Å². The molecule has 130 valence electrons. The molecule has 0 aliphatic carbocycles. The van der Waals surface area contributed by atoms with Crippen LogP contribution in [0, 0.1) is 5.92 Å². The van der Waals surface area contributed by atoms with E-state index < -0.39 is 0 Å². The summed E-state index contributed by atoms with van der Waals surface area (Å²) in [4.78, 5) is 29.0. The van der Waals surface area contributed by atoms with Gasteiger partial charge in [-0.25, -0.2) is 14.2 Å². The van der Waals surface area contributed by atoms with Gasteiger partial charge in [0.05, 0.1) is 17.1 Å². The highest BCUT2D eigenvalue weighted by Gasteiger charge is 2.14. The fraction of sp³-hybridized carbons (Fsp3) is 0.158. The normalized spacial score (nSPS) is 11.3. The summed E-state index contributed by atoms with van der Waals surface area (Å²) in [6, 6.07) is 11.6. The SMILES string of the molecule is CC(C)C(=O)Nn1ccc2c(cnc3c(-c4ccccc4)cnn32)c1=O. The lowest BCUT2D eigenvalue weighted by Crippen LogP contribution is -2.35. The van der Waals surface area contributed by atoms with Gasteiger partial charge in [-0.05, 0) is 11.6 Å². The van der Waals surface area contributed by atoms with Gasteiger partial charge in [-0.1, -0.05) is 44.2 Å². The van der Waals surface area contributed by atoms with Crippen molar-refractivity contribution in [1.29, 1.82) is 0 Å². The van der Waals surface area contributed by atoms with Gasteiger partial charge in [-0.15, -0.1) is 0 Å². The monoisotopic (exact) mass is 347 g/mol. The van der Waals surface area contributed by atoms with Crippen LogP contribution in [-0.2, 0) is 4.79 Å². The fourth-order valence-electron chi connectivity index (χ4n) is 2.77. The number of pyridine rings is 1. The second-order valence-electron chi connectivity index (χ2n) is 6.34. The molecule has 4 aromatic rings. The molecule has 0 aliphatic heterocycles. The molecule has 0 atom stereocenters. The van der Waals surface area contributed by atoms with Crippen molar-refractivity contribution in [1.82, 2.24) is 19.3 Å². The Morgan fingerprint density at radius 1 is 1.12 bits per heavy atom. The van der Waals surface area contributed by atoms with Gasteiger partial charge in [0.15, 0.2) is 5.65 Å². The largest absolute Gasteiger partial charge is 0.280 e. The molecule has 1 N–H and O–H groups in total. The molecule has 0 unspecified atom stereocenters. The van der Waals surface area contributed by atoms with E-state index in [1.165, 1.54) is 17.1 Å². The lowest BCUT2D eigenvalue weighted by molar-refractivity contribution is -0.119. The summed E-state index contributed by atoms with van der Waals surface area (Å²) < 4.78 is 2.83. The number of nitrogens with zero attached hydrogens (tertiary/aromatic N) is 4. The molecule has 7 nitrogen and oxygen atoms in total. The number of nitrogens with one attached hydrogen (secondary N) is 1. The van der Waals surface area contributed by atoms with Crippen molar-refractivity contribution < 1.29 is 4.79 Å². The predicted molar refractivity (Wildman–Crippen MR) is 99.4 cm³/mol. The summed E-state index contributed by atoms with van der Waals surface area (Å²) in [5.74, 6) is -0.455. The Hall–Kier alpha value is -3.48. The molecule has 0 saturated carbocycles. The molecule has 26 heavy (non-hydrogen) atoms.